The van der Waals surface area contributed by atoms with Crippen molar-refractivity contribution in [3.05, 3.63) is 54.0 Å². The molecule has 1 aromatic heterocycles. The van der Waals surface area contributed by atoms with Crippen LogP contribution in [0.15, 0.2) is 42.7 Å². The van der Waals surface area contributed by atoms with Gasteiger partial charge in [0.2, 0.25) is 5.91 Å². The minimum absolute atomic E-state index is 0.0855. The summed E-state index contributed by atoms with van der Waals surface area (Å²) < 4.78 is 0. The lowest BCUT2D eigenvalue weighted by Crippen LogP contribution is -2.48. The summed E-state index contributed by atoms with van der Waals surface area (Å²) in [6, 6.07) is 11.4. The summed E-state index contributed by atoms with van der Waals surface area (Å²) in [5, 5.41) is 2.96. The summed E-state index contributed by atoms with van der Waals surface area (Å²) >= 11 is 0. The van der Waals surface area contributed by atoms with Crippen LogP contribution in [-0.4, -0.2) is 52.9 Å². The highest BCUT2D eigenvalue weighted by Crippen LogP contribution is 2.16. The third-order valence-electron chi connectivity index (χ3n) is 4.58. The molecule has 136 valence electrons. The smallest absolute Gasteiger partial charge is 0.270 e. The minimum Gasteiger partial charge on any atom is -0.353 e. The normalized spacial score (nSPS) is 15.5. The highest BCUT2D eigenvalue weighted by atomic mass is 16.2. The van der Waals surface area contributed by atoms with E-state index in [1.54, 1.807) is 13.0 Å². The van der Waals surface area contributed by atoms with Crippen molar-refractivity contribution in [2.45, 2.75) is 19.9 Å². The van der Waals surface area contributed by atoms with Gasteiger partial charge in [0.05, 0.1) is 6.04 Å². The summed E-state index contributed by atoms with van der Waals surface area (Å²) in [7, 11) is 0. The van der Waals surface area contributed by atoms with Crippen LogP contribution in [0.4, 0.5) is 5.82 Å². The highest BCUT2D eigenvalue weighted by Gasteiger charge is 2.21. The Bertz CT molecular complexity index is 773. The Kier molecular flexibility index (Phi) is 5.46. The maximum Gasteiger partial charge on any atom is 0.270 e. The molecule has 0 saturated carbocycles. The Morgan fingerprint density at radius 3 is 2.42 bits per heavy atom. The monoisotopic (exact) mass is 353 g/mol. The van der Waals surface area contributed by atoms with E-state index < -0.39 is 0 Å². The Morgan fingerprint density at radius 1 is 1.08 bits per heavy atom. The summed E-state index contributed by atoms with van der Waals surface area (Å²) in [6.45, 7) is 6.22. The molecule has 2 aromatic rings. The van der Waals surface area contributed by atoms with Crippen LogP contribution in [0.3, 0.4) is 0 Å². The van der Waals surface area contributed by atoms with Gasteiger partial charge in [0.25, 0.3) is 5.91 Å². The van der Waals surface area contributed by atoms with Gasteiger partial charge in [-0.15, -0.1) is 0 Å². The summed E-state index contributed by atoms with van der Waals surface area (Å²) in [4.78, 5) is 36.2. The van der Waals surface area contributed by atoms with E-state index in [2.05, 4.69) is 20.2 Å². The molecular weight excluding hydrogens is 330 g/mol. The van der Waals surface area contributed by atoms with E-state index in [1.807, 2.05) is 42.2 Å². The number of amides is 2. The number of hydrogen-bond donors (Lipinski definition) is 1. The van der Waals surface area contributed by atoms with E-state index in [0.29, 0.717) is 37.7 Å². The Morgan fingerprint density at radius 2 is 1.77 bits per heavy atom. The molecule has 1 unspecified atom stereocenters. The average Bonchev–Trinajstić information content (AvgIpc) is 2.68. The molecule has 1 fully saturated rings. The quantitative estimate of drug-likeness (QED) is 0.904. The lowest BCUT2D eigenvalue weighted by atomic mass is 10.1. The second kappa shape index (κ2) is 7.95. The van der Waals surface area contributed by atoms with Gasteiger partial charge in [-0.25, -0.2) is 9.97 Å². The number of carbonyl (C=O) groups is 2. The number of hydrogen-bond acceptors (Lipinski definition) is 5. The predicted octanol–water partition coefficient (Wildman–Crippen LogP) is 1.64. The van der Waals surface area contributed by atoms with E-state index in [4.69, 9.17) is 0 Å². The van der Waals surface area contributed by atoms with E-state index in [-0.39, 0.29) is 17.9 Å². The molecule has 7 heteroatoms. The number of benzene rings is 1. The van der Waals surface area contributed by atoms with E-state index in [9.17, 15) is 9.59 Å². The van der Waals surface area contributed by atoms with Gasteiger partial charge in [-0.05, 0) is 12.5 Å². The largest absolute Gasteiger partial charge is 0.353 e. The maximum atomic E-state index is 12.5. The van der Waals surface area contributed by atoms with Crippen molar-refractivity contribution < 1.29 is 9.59 Å². The van der Waals surface area contributed by atoms with E-state index in [0.717, 1.165) is 5.56 Å². The molecule has 1 N–H and O–H groups in total. The lowest BCUT2D eigenvalue weighted by Gasteiger charge is -2.34. The molecule has 7 nitrogen and oxygen atoms in total. The molecule has 2 amide bonds. The first kappa shape index (κ1) is 17.8. The molecule has 0 radical (unpaired) electrons. The van der Waals surface area contributed by atoms with E-state index >= 15 is 0 Å². The molecule has 0 aliphatic carbocycles. The van der Waals surface area contributed by atoms with Crippen molar-refractivity contribution in [1.29, 1.82) is 0 Å². The number of nitrogens with zero attached hydrogens (tertiary/aromatic N) is 4. The third-order valence-corrected chi connectivity index (χ3v) is 4.58. The van der Waals surface area contributed by atoms with Crippen LogP contribution < -0.4 is 10.2 Å². The zero-order valence-electron chi connectivity index (χ0n) is 15.1. The Hall–Kier alpha value is -2.96. The SMILES string of the molecule is CC(=O)N1CCN(c2cc(C(=O)NC(C)c3ccccc3)ncn2)CC1. The van der Waals surface area contributed by atoms with Crippen LogP contribution in [0, 0.1) is 0 Å². The molecule has 1 aliphatic rings. The molecule has 1 atom stereocenters. The molecule has 26 heavy (non-hydrogen) atoms. The van der Waals surface area contributed by atoms with Crippen molar-refractivity contribution in [3.63, 3.8) is 0 Å². The van der Waals surface area contributed by atoms with Crippen molar-refractivity contribution >= 4 is 17.6 Å². The van der Waals surface area contributed by atoms with Gasteiger partial charge in [-0.2, -0.15) is 0 Å². The molecular formula is C19H23N5O2. The zero-order chi connectivity index (χ0) is 18.5. The number of nitrogens with one attached hydrogen (secondary N) is 1. The standard InChI is InChI=1S/C19H23N5O2/c1-14(16-6-4-3-5-7-16)22-19(26)17-12-18(21-13-20-17)24-10-8-23(9-11-24)15(2)25/h3-7,12-14H,8-11H2,1-2H3,(H,22,26). The van der Waals surface area contributed by atoms with Gasteiger partial charge < -0.3 is 15.1 Å². The summed E-state index contributed by atoms with van der Waals surface area (Å²) in [5.74, 6) is 0.565. The fraction of sp³-hybridized carbons (Fsp3) is 0.368. The van der Waals surface area contributed by atoms with Gasteiger partial charge in [-0.1, -0.05) is 30.3 Å². The average molecular weight is 353 g/mol. The van der Waals surface area contributed by atoms with Crippen molar-refractivity contribution in [3.8, 4) is 0 Å². The third kappa shape index (κ3) is 4.17. The first-order chi connectivity index (χ1) is 12.5. The van der Waals surface area contributed by atoms with Crippen molar-refractivity contribution in [2.24, 2.45) is 0 Å². The second-order valence-electron chi connectivity index (χ2n) is 6.36. The van der Waals surface area contributed by atoms with Crippen molar-refractivity contribution in [2.75, 3.05) is 31.1 Å². The number of carbonyl (C=O) groups excluding carboxylic acids is 2. The fourth-order valence-electron chi connectivity index (χ4n) is 2.99. The summed E-state index contributed by atoms with van der Waals surface area (Å²) in [6.07, 6.45) is 1.41. The number of anilines is 1. The van der Waals surface area contributed by atoms with Crippen molar-refractivity contribution in [1.82, 2.24) is 20.2 Å². The zero-order valence-corrected chi connectivity index (χ0v) is 15.1. The fourth-order valence-corrected chi connectivity index (χ4v) is 2.99. The van der Waals surface area contributed by atoms with Crippen LogP contribution in [0.2, 0.25) is 0 Å². The molecule has 0 bridgehead atoms. The van der Waals surface area contributed by atoms with Crippen LogP contribution in [-0.2, 0) is 4.79 Å². The van der Waals surface area contributed by atoms with Crippen LogP contribution >= 0.6 is 0 Å². The minimum atomic E-state index is -0.229. The first-order valence-electron chi connectivity index (χ1n) is 8.73. The molecule has 1 aromatic carbocycles. The molecule has 0 spiro atoms. The van der Waals surface area contributed by atoms with E-state index in [1.165, 1.54) is 6.33 Å². The van der Waals surface area contributed by atoms with Gasteiger partial charge in [0.1, 0.15) is 17.8 Å². The van der Waals surface area contributed by atoms with Gasteiger partial charge >= 0.3 is 0 Å². The van der Waals surface area contributed by atoms with Gasteiger partial charge in [0.15, 0.2) is 0 Å². The Labute approximate surface area is 153 Å². The highest BCUT2D eigenvalue weighted by molar-refractivity contribution is 5.93. The first-order valence-corrected chi connectivity index (χ1v) is 8.73. The topological polar surface area (TPSA) is 78.4 Å². The predicted molar refractivity (Wildman–Crippen MR) is 98.8 cm³/mol. The molecule has 1 aliphatic heterocycles. The van der Waals surface area contributed by atoms with Gasteiger partial charge in [0, 0.05) is 39.2 Å². The second-order valence-corrected chi connectivity index (χ2v) is 6.36. The number of aromatic nitrogens is 2. The number of rotatable bonds is 4. The van der Waals surface area contributed by atoms with Crippen LogP contribution in [0.5, 0.6) is 0 Å². The molecule has 3 rings (SSSR count). The van der Waals surface area contributed by atoms with Crippen LogP contribution in [0.1, 0.15) is 35.9 Å². The lowest BCUT2D eigenvalue weighted by molar-refractivity contribution is -0.129. The van der Waals surface area contributed by atoms with Gasteiger partial charge in [-0.3, -0.25) is 9.59 Å². The molecule has 2 heterocycles. The Balaban J connectivity index is 1.65. The summed E-state index contributed by atoms with van der Waals surface area (Å²) in [5.41, 5.74) is 1.38. The number of piperazine rings is 1. The maximum absolute atomic E-state index is 12.5. The van der Waals surface area contributed by atoms with Crippen LogP contribution in [0.25, 0.3) is 0 Å². The molecule has 1 saturated heterocycles.